The zero-order chi connectivity index (χ0) is 20.3. The van der Waals surface area contributed by atoms with Crippen molar-refractivity contribution in [2.24, 2.45) is 0 Å². The number of hydrogen-bond donors (Lipinski definition) is 1. The maximum Gasteiger partial charge on any atom is 0.240 e. The summed E-state index contributed by atoms with van der Waals surface area (Å²) in [4.78, 5) is 5.33. The summed E-state index contributed by atoms with van der Waals surface area (Å²) in [6, 6.07) is 9.35. The molecule has 2 aliphatic heterocycles. The summed E-state index contributed by atoms with van der Waals surface area (Å²) < 4.78 is 27.9. The molecule has 1 aliphatic carbocycles. The largest absolute Gasteiger partial charge is 0.368 e. The second kappa shape index (κ2) is 8.86. The number of benzene rings is 1. The molecule has 0 radical (unpaired) electrons. The van der Waals surface area contributed by atoms with Crippen molar-refractivity contribution in [1.29, 1.82) is 0 Å². The van der Waals surface area contributed by atoms with E-state index >= 15 is 0 Å². The van der Waals surface area contributed by atoms with E-state index in [1.807, 2.05) is 19.1 Å². The fourth-order valence-corrected chi connectivity index (χ4v) is 5.62. The third-order valence-electron chi connectivity index (χ3n) is 6.22. The molecule has 1 N–H and O–H groups in total. The molecular weight excluding hydrogens is 382 g/mol. The van der Waals surface area contributed by atoms with E-state index in [1.54, 1.807) is 12.2 Å². The predicted molar refractivity (Wildman–Crippen MR) is 119 cm³/mol. The highest BCUT2D eigenvalue weighted by atomic mass is 32.2. The first-order chi connectivity index (χ1) is 14.0. The second-order valence-electron chi connectivity index (χ2n) is 8.17. The van der Waals surface area contributed by atoms with E-state index in [1.165, 1.54) is 11.3 Å². The quantitative estimate of drug-likeness (QED) is 0.778. The molecule has 1 fully saturated rings. The van der Waals surface area contributed by atoms with Gasteiger partial charge in [0.25, 0.3) is 0 Å². The summed E-state index contributed by atoms with van der Waals surface area (Å²) >= 11 is 0. The maximum absolute atomic E-state index is 12.6. The molecule has 0 spiro atoms. The molecule has 0 aromatic heterocycles. The Morgan fingerprint density at radius 2 is 1.86 bits per heavy atom. The van der Waals surface area contributed by atoms with Gasteiger partial charge < -0.3 is 9.80 Å². The van der Waals surface area contributed by atoms with E-state index in [0.717, 1.165) is 51.0 Å². The fraction of sp³-hybridized carbons (Fsp3) is 0.478. The molecule has 5 nitrogen and oxygen atoms in total. The Balaban J connectivity index is 1.24. The Morgan fingerprint density at radius 1 is 1.07 bits per heavy atom. The summed E-state index contributed by atoms with van der Waals surface area (Å²) in [6.07, 6.45) is 11.4. The molecule has 2 heterocycles. The number of piperidine rings is 1. The van der Waals surface area contributed by atoms with E-state index in [2.05, 4.69) is 38.8 Å². The number of nitrogens with zero attached hydrogens (tertiary/aromatic N) is 2. The maximum atomic E-state index is 12.6. The lowest BCUT2D eigenvalue weighted by Crippen LogP contribution is -2.46. The van der Waals surface area contributed by atoms with Crippen LogP contribution in [0.4, 0.5) is 5.69 Å². The number of rotatable bonds is 6. The van der Waals surface area contributed by atoms with Crippen molar-refractivity contribution < 1.29 is 8.42 Å². The Bertz CT molecular complexity index is 925. The van der Waals surface area contributed by atoms with E-state index < -0.39 is 10.0 Å². The van der Waals surface area contributed by atoms with Crippen LogP contribution in [0.1, 0.15) is 31.7 Å². The van der Waals surface area contributed by atoms with Gasteiger partial charge in [0.15, 0.2) is 0 Å². The standard InChI is InChI=1S/C23H31N3O2S/c1-19-5-4-7-22(10-9-19)29(27,28)24-14-18-25-15-12-21(13-16-25)26-17-11-20-6-2-3-8-23(20)26/h2-3,5-10,21,24H,4,11-18H2,1H3. The molecule has 0 bridgehead atoms. The first-order valence-corrected chi connectivity index (χ1v) is 12.1. The van der Waals surface area contributed by atoms with Gasteiger partial charge in [-0.25, -0.2) is 13.1 Å². The average Bonchev–Trinajstić information content (AvgIpc) is 3.02. The number of hydrogen-bond acceptors (Lipinski definition) is 4. The zero-order valence-electron chi connectivity index (χ0n) is 17.2. The molecule has 0 amide bonds. The van der Waals surface area contributed by atoms with Gasteiger partial charge in [-0.05, 0) is 50.3 Å². The van der Waals surface area contributed by atoms with Gasteiger partial charge in [-0.3, -0.25) is 0 Å². The van der Waals surface area contributed by atoms with E-state index in [0.29, 0.717) is 23.9 Å². The molecular formula is C23H31N3O2S. The molecule has 6 heteroatoms. The van der Waals surface area contributed by atoms with Crippen LogP contribution in [0.3, 0.4) is 0 Å². The number of fused-ring (bicyclic) bond motifs is 1. The number of anilines is 1. The third kappa shape index (κ3) is 4.82. The van der Waals surface area contributed by atoms with Gasteiger partial charge >= 0.3 is 0 Å². The normalized spacial score (nSPS) is 20.9. The number of sulfonamides is 1. The summed E-state index contributed by atoms with van der Waals surface area (Å²) in [5, 5.41) is 0. The van der Waals surface area contributed by atoms with Crippen LogP contribution in [0, 0.1) is 0 Å². The first kappa shape index (κ1) is 20.4. The lowest BCUT2D eigenvalue weighted by molar-refractivity contribution is 0.213. The van der Waals surface area contributed by atoms with Crippen LogP contribution in [0.25, 0.3) is 0 Å². The van der Waals surface area contributed by atoms with Crippen LogP contribution in [-0.2, 0) is 16.4 Å². The van der Waals surface area contributed by atoms with Crippen LogP contribution in [0.5, 0.6) is 0 Å². The zero-order valence-corrected chi connectivity index (χ0v) is 18.0. The predicted octanol–water partition coefficient (Wildman–Crippen LogP) is 3.22. The Hall–Kier alpha value is -1.89. The van der Waals surface area contributed by atoms with Gasteiger partial charge in [-0.15, -0.1) is 0 Å². The summed E-state index contributed by atoms with van der Waals surface area (Å²) in [5.74, 6) is 0. The minimum Gasteiger partial charge on any atom is -0.368 e. The van der Waals surface area contributed by atoms with Crippen molar-refractivity contribution in [3.8, 4) is 0 Å². The fourth-order valence-electron chi connectivity index (χ4n) is 4.53. The topological polar surface area (TPSA) is 52.7 Å². The van der Waals surface area contributed by atoms with Crippen molar-refractivity contribution in [3.63, 3.8) is 0 Å². The van der Waals surface area contributed by atoms with Crippen molar-refractivity contribution >= 4 is 15.7 Å². The number of likely N-dealkylation sites (tertiary alicyclic amines) is 1. The molecule has 0 unspecified atom stereocenters. The molecule has 3 aliphatic rings. The van der Waals surface area contributed by atoms with Gasteiger partial charge in [0.2, 0.25) is 10.0 Å². The Morgan fingerprint density at radius 3 is 2.69 bits per heavy atom. The molecule has 0 atom stereocenters. The Kier molecular flexibility index (Phi) is 6.23. The molecule has 1 aromatic rings. The van der Waals surface area contributed by atoms with Crippen LogP contribution in [-0.4, -0.2) is 52.1 Å². The van der Waals surface area contributed by atoms with Crippen LogP contribution in [0.2, 0.25) is 0 Å². The van der Waals surface area contributed by atoms with E-state index in [4.69, 9.17) is 0 Å². The number of para-hydroxylation sites is 1. The Labute approximate surface area is 174 Å². The number of allylic oxidation sites excluding steroid dienone is 5. The number of nitrogens with one attached hydrogen (secondary N) is 1. The highest BCUT2D eigenvalue weighted by Gasteiger charge is 2.29. The van der Waals surface area contributed by atoms with Crippen molar-refractivity contribution in [2.75, 3.05) is 37.6 Å². The summed E-state index contributed by atoms with van der Waals surface area (Å²) in [6.45, 7) is 6.37. The van der Waals surface area contributed by atoms with Gasteiger partial charge in [0.1, 0.15) is 0 Å². The minimum absolute atomic E-state index is 0.372. The van der Waals surface area contributed by atoms with Crippen LogP contribution in [0.15, 0.2) is 59.0 Å². The molecule has 156 valence electrons. The SMILES string of the molecule is CC1=CCC=C(S(=O)(=O)NCCN2CCC(N3CCc4ccccc43)CC2)C=C1. The van der Waals surface area contributed by atoms with Crippen LogP contribution < -0.4 is 9.62 Å². The minimum atomic E-state index is -3.43. The van der Waals surface area contributed by atoms with Crippen molar-refractivity contribution in [3.05, 3.63) is 64.6 Å². The van der Waals surface area contributed by atoms with Gasteiger partial charge in [0.05, 0.1) is 4.91 Å². The summed E-state index contributed by atoms with van der Waals surface area (Å²) in [5.41, 5.74) is 3.97. The average molecular weight is 414 g/mol. The monoisotopic (exact) mass is 413 g/mol. The first-order valence-electron chi connectivity index (χ1n) is 10.6. The van der Waals surface area contributed by atoms with Crippen LogP contribution >= 0.6 is 0 Å². The van der Waals surface area contributed by atoms with Gasteiger partial charge in [-0.2, -0.15) is 0 Å². The molecule has 0 saturated carbocycles. The highest BCUT2D eigenvalue weighted by molar-refractivity contribution is 7.93. The second-order valence-corrected chi connectivity index (χ2v) is 9.93. The van der Waals surface area contributed by atoms with Crippen molar-refractivity contribution in [1.82, 2.24) is 9.62 Å². The van der Waals surface area contributed by atoms with E-state index in [9.17, 15) is 8.42 Å². The summed E-state index contributed by atoms with van der Waals surface area (Å²) in [7, 11) is -3.43. The molecule has 29 heavy (non-hydrogen) atoms. The molecule has 1 aromatic carbocycles. The van der Waals surface area contributed by atoms with E-state index in [-0.39, 0.29) is 0 Å². The van der Waals surface area contributed by atoms with Gasteiger partial charge in [-0.1, -0.05) is 42.0 Å². The lowest BCUT2D eigenvalue weighted by Gasteiger charge is -2.38. The molecule has 1 saturated heterocycles. The molecule has 4 rings (SSSR count). The highest BCUT2D eigenvalue weighted by Crippen LogP contribution is 2.32. The van der Waals surface area contributed by atoms with Crippen molar-refractivity contribution in [2.45, 2.75) is 38.6 Å². The smallest absolute Gasteiger partial charge is 0.240 e. The lowest BCUT2D eigenvalue weighted by atomic mass is 10.0. The van der Waals surface area contributed by atoms with Gasteiger partial charge in [0, 0.05) is 44.5 Å². The third-order valence-corrected chi connectivity index (χ3v) is 7.73.